The van der Waals surface area contributed by atoms with Crippen molar-refractivity contribution in [3.8, 4) is 11.3 Å². The normalized spacial score (nSPS) is 12.9. The molecule has 0 spiro atoms. The lowest BCUT2D eigenvalue weighted by molar-refractivity contribution is 0.201. The lowest BCUT2D eigenvalue weighted by atomic mass is 10.0. The summed E-state index contributed by atoms with van der Waals surface area (Å²) in [6.07, 6.45) is -1.21. The molecule has 5 nitrogen and oxygen atoms in total. The Morgan fingerprint density at radius 1 is 1.12 bits per heavy atom. The summed E-state index contributed by atoms with van der Waals surface area (Å²) in [6, 6.07) is 16.2. The minimum Gasteiger partial charge on any atom is -0.387 e. The molecular weight excluding hydrogens is 418 g/mol. The molecule has 3 rings (SSSR count). The maximum absolute atomic E-state index is 12.5. The summed E-state index contributed by atoms with van der Waals surface area (Å²) in [6.45, 7) is 1.69. The van der Waals surface area contributed by atoms with E-state index in [9.17, 15) is 13.5 Å². The van der Waals surface area contributed by atoms with Gasteiger partial charge in [0.1, 0.15) is 0 Å². The number of aromatic nitrogens is 1. The molecule has 1 aromatic heterocycles. The van der Waals surface area contributed by atoms with Gasteiger partial charge in [-0.1, -0.05) is 63.6 Å². The number of rotatable bonds is 6. The number of aliphatic hydroxyl groups excluding tert-OH is 1. The molecule has 0 bridgehead atoms. The Labute approximate surface area is 160 Å². The number of hydrogen-bond donors (Lipinski definition) is 1. The molecule has 0 unspecified atom stereocenters. The fraction of sp³-hybridized carbons (Fsp3) is 0.211. The van der Waals surface area contributed by atoms with Crippen molar-refractivity contribution in [2.45, 2.75) is 18.8 Å². The average Bonchev–Trinajstić information content (AvgIpc) is 2.97. The van der Waals surface area contributed by atoms with Crippen LogP contribution >= 0.6 is 15.9 Å². The number of hydrogen-bond acceptors (Lipinski definition) is 5. The van der Waals surface area contributed by atoms with Gasteiger partial charge in [0.05, 0.1) is 28.9 Å². The minimum absolute atomic E-state index is 0.122. The zero-order chi connectivity index (χ0) is 18.7. The first-order valence-electron chi connectivity index (χ1n) is 8.00. The lowest BCUT2D eigenvalue weighted by Gasteiger charge is -2.12. The van der Waals surface area contributed by atoms with Crippen LogP contribution in [0.4, 0.5) is 0 Å². The summed E-state index contributed by atoms with van der Waals surface area (Å²) in [7, 11) is -3.51. The van der Waals surface area contributed by atoms with E-state index in [2.05, 4.69) is 21.1 Å². The number of nitrogens with zero attached hydrogens (tertiary/aromatic N) is 1. The SMILES string of the molecule is Cc1noc(-c2ccc(Br)cc2)c1[C@H](O)CS(=O)(=O)Cc1ccccc1. The first-order chi connectivity index (χ1) is 12.4. The Morgan fingerprint density at radius 2 is 1.77 bits per heavy atom. The lowest BCUT2D eigenvalue weighted by Crippen LogP contribution is -2.17. The third-order valence-electron chi connectivity index (χ3n) is 3.99. The number of sulfone groups is 1. The van der Waals surface area contributed by atoms with Gasteiger partial charge < -0.3 is 9.63 Å². The molecule has 0 saturated carbocycles. The van der Waals surface area contributed by atoms with E-state index in [1.54, 1.807) is 31.2 Å². The Hall–Kier alpha value is -1.96. The molecule has 26 heavy (non-hydrogen) atoms. The van der Waals surface area contributed by atoms with Crippen LogP contribution in [-0.2, 0) is 15.6 Å². The van der Waals surface area contributed by atoms with Crippen LogP contribution in [-0.4, -0.2) is 24.4 Å². The molecule has 0 amide bonds. The number of benzene rings is 2. The van der Waals surface area contributed by atoms with Gasteiger partial charge in [-0.15, -0.1) is 0 Å². The second-order valence-electron chi connectivity index (χ2n) is 6.07. The molecule has 0 aliphatic rings. The molecule has 1 atom stereocenters. The molecule has 3 aromatic rings. The standard InChI is InChI=1S/C19H18BrNO4S/c1-13-18(19(25-21-13)15-7-9-16(20)10-8-15)17(22)12-26(23,24)11-14-5-3-2-4-6-14/h2-10,17,22H,11-12H2,1H3/t17-/m1/s1. The second kappa shape index (κ2) is 7.73. The van der Waals surface area contributed by atoms with Crippen LogP contribution in [0.1, 0.15) is 22.9 Å². The Bertz CT molecular complexity index is 982. The summed E-state index contributed by atoms with van der Waals surface area (Å²) < 4.78 is 31.2. The Balaban J connectivity index is 1.85. The Kier molecular flexibility index (Phi) is 5.60. The molecule has 0 aliphatic heterocycles. The molecule has 0 saturated heterocycles. The molecular formula is C19H18BrNO4S. The van der Waals surface area contributed by atoms with Gasteiger partial charge in [0.25, 0.3) is 0 Å². The van der Waals surface area contributed by atoms with Crippen molar-refractivity contribution in [3.05, 3.63) is 75.9 Å². The van der Waals surface area contributed by atoms with Crippen LogP contribution in [0.5, 0.6) is 0 Å². The van der Waals surface area contributed by atoms with Gasteiger partial charge in [0.15, 0.2) is 15.6 Å². The van der Waals surface area contributed by atoms with E-state index in [0.29, 0.717) is 22.6 Å². The van der Waals surface area contributed by atoms with Crippen molar-refractivity contribution in [1.82, 2.24) is 5.16 Å². The molecule has 1 N–H and O–H groups in total. The van der Waals surface area contributed by atoms with E-state index < -0.39 is 21.7 Å². The van der Waals surface area contributed by atoms with Crippen LogP contribution < -0.4 is 0 Å². The summed E-state index contributed by atoms with van der Waals surface area (Å²) >= 11 is 3.37. The van der Waals surface area contributed by atoms with Gasteiger partial charge in [-0.3, -0.25) is 0 Å². The number of halogens is 1. The summed E-state index contributed by atoms with van der Waals surface area (Å²) in [5, 5.41) is 14.5. The topological polar surface area (TPSA) is 80.4 Å². The average molecular weight is 436 g/mol. The van der Waals surface area contributed by atoms with Gasteiger partial charge >= 0.3 is 0 Å². The monoisotopic (exact) mass is 435 g/mol. The predicted octanol–water partition coefficient (Wildman–Crippen LogP) is 4.06. The van der Waals surface area contributed by atoms with Gasteiger partial charge in [0, 0.05) is 10.0 Å². The maximum atomic E-state index is 12.5. The highest BCUT2D eigenvalue weighted by Crippen LogP contribution is 2.32. The van der Waals surface area contributed by atoms with Gasteiger partial charge in [-0.05, 0) is 24.6 Å². The minimum atomic E-state index is -3.51. The van der Waals surface area contributed by atoms with Crippen molar-refractivity contribution >= 4 is 25.8 Å². The molecule has 0 aliphatic carbocycles. The fourth-order valence-corrected chi connectivity index (χ4v) is 4.52. The first kappa shape index (κ1) is 18.8. The third kappa shape index (κ3) is 4.41. The van der Waals surface area contributed by atoms with E-state index in [4.69, 9.17) is 4.52 Å². The van der Waals surface area contributed by atoms with Crippen molar-refractivity contribution in [2.24, 2.45) is 0 Å². The van der Waals surface area contributed by atoms with Crippen molar-refractivity contribution < 1.29 is 18.0 Å². The van der Waals surface area contributed by atoms with Crippen molar-refractivity contribution in [2.75, 3.05) is 5.75 Å². The Morgan fingerprint density at radius 3 is 2.42 bits per heavy atom. The second-order valence-corrected chi connectivity index (χ2v) is 9.10. The molecule has 7 heteroatoms. The largest absolute Gasteiger partial charge is 0.387 e. The zero-order valence-corrected chi connectivity index (χ0v) is 16.5. The van der Waals surface area contributed by atoms with Crippen LogP contribution in [0.15, 0.2) is 63.6 Å². The van der Waals surface area contributed by atoms with E-state index >= 15 is 0 Å². The zero-order valence-electron chi connectivity index (χ0n) is 14.1. The van der Waals surface area contributed by atoms with Crippen LogP contribution in [0, 0.1) is 6.92 Å². The van der Waals surface area contributed by atoms with Crippen molar-refractivity contribution in [3.63, 3.8) is 0 Å². The number of aliphatic hydroxyl groups is 1. The molecule has 0 radical (unpaired) electrons. The highest BCUT2D eigenvalue weighted by atomic mass is 79.9. The van der Waals surface area contributed by atoms with E-state index in [-0.39, 0.29) is 5.75 Å². The summed E-state index contributed by atoms with van der Waals surface area (Å²) in [4.78, 5) is 0. The summed E-state index contributed by atoms with van der Waals surface area (Å²) in [5.41, 5.74) is 2.30. The van der Waals surface area contributed by atoms with Crippen molar-refractivity contribution in [1.29, 1.82) is 0 Å². The van der Waals surface area contributed by atoms with Gasteiger partial charge in [0.2, 0.25) is 0 Å². The molecule has 2 aromatic carbocycles. The first-order valence-corrected chi connectivity index (χ1v) is 10.6. The van der Waals surface area contributed by atoms with Crippen LogP contribution in [0.25, 0.3) is 11.3 Å². The highest BCUT2D eigenvalue weighted by molar-refractivity contribution is 9.10. The van der Waals surface area contributed by atoms with Gasteiger partial charge in [-0.2, -0.15) is 0 Å². The molecule has 1 heterocycles. The third-order valence-corrected chi connectivity index (χ3v) is 6.11. The van der Waals surface area contributed by atoms with E-state index in [1.807, 2.05) is 30.3 Å². The van der Waals surface area contributed by atoms with Crippen LogP contribution in [0.2, 0.25) is 0 Å². The maximum Gasteiger partial charge on any atom is 0.172 e. The predicted molar refractivity (Wildman–Crippen MR) is 103 cm³/mol. The van der Waals surface area contributed by atoms with Gasteiger partial charge in [-0.25, -0.2) is 8.42 Å². The van der Waals surface area contributed by atoms with E-state index in [0.717, 1.165) is 10.0 Å². The highest BCUT2D eigenvalue weighted by Gasteiger charge is 2.27. The fourth-order valence-electron chi connectivity index (χ4n) is 2.79. The van der Waals surface area contributed by atoms with Crippen LogP contribution in [0.3, 0.4) is 0 Å². The smallest absolute Gasteiger partial charge is 0.172 e. The summed E-state index contributed by atoms with van der Waals surface area (Å²) in [5.74, 6) is -0.131. The quantitative estimate of drug-likeness (QED) is 0.631. The number of aryl methyl sites for hydroxylation is 1. The molecule has 136 valence electrons. The van der Waals surface area contributed by atoms with E-state index in [1.165, 1.54) is 0 Å². The molecule has 0 fully saturated rings.